The Bertz CT molecular complexity index is 981. The summed E-state index contributed by atoms with van der Waals surface area (Å²) in [5.74, 6) is -0.362. The van der Waals surface area contributed by atoms with Crippen LogP contribution in [0, 0.1) is 17.7 Å². The molecule has 0 amide bonds. The van der Waals surface area contributed by atoms with Crippen LogP contribution < -0.4 is 0 Å². The molecule has 1 N–H and O–H groups in total. The third-order valence-electron chi connectivity index (χ3n) is 5.80. The summed E-state index contributed by atoms with van der Waals surface area (Å²) in [5.41, 5.74) is 2.98. The number of carbonyl (C=O) groups is 1. The third kappa shape index (κ3) is 2.97. The zero-order valence-electron chi connectivity index (χ0n) is 14.9. The predicted molar refractivity (Wildman–Crippen MR) is 107 cm³/mol. The van der Waals surface area contributed by atoms with Gasteiger partial charge in [0, 0.05) is 17.4 Å². The van der Waals surface area contributed by atoms with Gasteiger partial charge in [0.15, 0.2) is 11.6 Å². The molecule has 2 atom stereocenters. The Morgan fingerprint density at radius 1 is 1.11 bits per heavy atom. The first-order valence-corrected chi connectivity index (χ1v) is 9.92. The van der Waals surface area contributed by atoms with Gasteiger partial charge in [-0.3, -0.25) is 4.79 Å². The number of hydrogen-bond acceptors (Lipinski definition) is 2. The van der Waals surface area contributed by atoms with E-state index in [0.717, 1.165) is 24.8 Å². The van der Waals surface area contributed by atoms with Crippen molar-refractivity contribution in [2.45, 2.75) is 32.6 Å². The second kappa shape index (κ2) is 6.96. The molecular formula is C22H19Cl2FO2. The first kappa shape index (κ1) is 18.5. The lowest BCUT2D eigenvalue weighted by Crippen LogP contribution is -2.22. The molecule has 0 unspecified atom stereocenters. The molecule has 2 aliphatic rings. The number of allylic oxidation sites excluding steroid dienone is 2. The average Bonchev–Trinajstić information content (AvgIpc) is 3.12. The quantitative estimate of drug-likeness (QED) is 0.582. The van der Waals surface area contributed by atoms with Crippen molar-refractivity contribution in [3.8, 4) is 11.1 Å². The molecule has 2 aromatic rings. The molecule has 2 aromatic carbocycles. The van der Waals surface area contributed by atoms with Gasteiger partial charge in [-0.1, -0.05) is 42.3 Å². The van der Waals surface area contributed by atoms with Crippen molar-refractivity contribution in [1.29, 1.82) is 0 Å². The normalized spacial score (nSPS) is 21.9. The van der Waals surface area contributed by atoms with Crippen molar-refractivity contribution in [1.82, 2.24) is 0 Å². The molecule has 2 nitrogen and oxygen atoms in total. The highest BCUT2D eigenvalue weighted by molar-refractivity contribution is 6.42. The summed E-state index contributed by atoms with van der Waals surface area (Å²) in [6.07, 6.45) is 3.10. The van der Waals surface area contributed by atoms with Crippen LogP contribution in [0.2, 0.25) is 10.0 Å². The zero-order valence-corrected chi connectivity index (χ0v) is 16.4. The van der Waals surface area contributed by atoms with E-state index in [9.17, 15) is 14.3 Å². The number of benzene rings is 2. The van der Waals surface area contributed by atoms with Gasteiger partial charge in [-0.2, -0.15) is 0 Å². The minimum absolute atomic E-state index is 0.00251. The van der Waals surface area contributed by atoms with Crippen LogP contribution >= 0.6 is 23.2 Å². The summed E-state index contributed by atoms with van der Waals surface area (Å²) < 4.78 is 14.6. The van der Waals surface area contributed by atoms with Crippen LogP contribution in [0.15, 0.2) is 36.1 Å². The fourth-order valence-corrected chi connectivity index (χ4v) is 4.62. The van der Waals surface area contributed by atoms with E-state index in [4.69, 9.17) is 23.2 Å². The zero-order chi connectivity index (χ0) is 19.3. The van der Waals surface area contributed by atoms with Gasteiger partial charge >= 0.3 is 0 Å². The molecule has 1 saturated carbocycles. The number of aliphatic hydroxyl groups is 1. The molecular weight excluding hydrogens is 386 g/mol. The first-order valence-electron chi connectivity index (χ1n) is 9.16. The van der Waals surface area contributed by atoms with Crippen LogP contribution in [-0.4, -0.2) is 10.9 Å². The Kier molecular flexibility index (Phi) is 4.77. The number of hydrogen-bond donors (Lipinski definition) is 1. The van der Waals surface area contributed by atoms with Crippen LogP contribution in [0.1, 0.15) is 37.3 Å². The van der Waals surface area contributed by atoms with Crippen molar-refractivity contribution in [2.75, 3.05) is 0 Å². The Morgan fingerprint density at radius 2 is 1.85 bits per heavy atom. The summed E-state index contributed by atoms with van der Waals surface area (Å²) in [6, 6.07) is 8.62. The highest BCUT2D eigenvalue weighted by atomic mass is 35.5. The van der Waals surface area contributed by atoms with E-state index in [0.29, 0.717) is 28.7 Å². The van der Waals surface area contributed by atoms with Gasteiger partial charge in [-0.25, -0.2) is 4.39 Å². The average molecular weight is 405 g/mol. The highest BCUT2D eigenvalue weighted by Crippen LogP contribution is 2.46. The highest BCUT2D eigenvalue weighted by Gasteiger charge is 2.41. The maximum absolute atomic E-state index is 14.6. The minimum Gasteiger partial charge on any atom is -0.511 e. The standard InChI is InChI=1S/C22H19Cl2FO2/c1-2-11-3-4-12(15-7-8-17(23)19(24)20(15)25)10-16(11)18-21(26)13-5-6-14(9-13)22(18)27/h3-4,7-8,10,13-14,26H,2,5-6,9H2,1H3/t13-,14+/m0/s1. The lowest BCUT2D eigenvalue weighted by Gasteiger charge is -2.23. The third-order valence-corrected chi connectivity index (χ3v) is 6.58. The lowest BCUT2D eigenvalue weighted by atomic mass is 9.81. The van der Waals surface area contributed by atoms with E-state index in [1.807, 2.05) is 19.1 Å². The number of fused-ring (bicyclic) bond motifs is 2. The van der Waals surface area contributed by atoms with Crippen molar-refractivity contribution >= 4 is 34.6 Å². The summed E-state index contributed by atoms with van der Waals surface area (Å²) in [5, 5.41) is 10.8. The van der Waals surface area contributed by atoms with E-state index in [1.165, 1.54) is 0 Å². The van der Waals surface area contributed by atoms with Crippen LogP contribution in [0.25, 0.3) is 16.7 Å². The molecule has 0 saturated heterocycles. The minimum atomic E-state index is -0.590. The van der Waals surface area contributed by atoms with Gasteiger partial charge in [0.05, 0.1) is 15.6 Å². The fraction of sp³-hybridized carbons (Fsp3) is 0.318. The maximum Gasteiger partial charge on any atom is 0.169 e. The molecule has 1 fully saturated rings. The van der Waals surface area contributed by atoms with Gasteiger partial charge < -0.3 is 5.11 Å². The molecule has 0 aliphatic heterocycles. The first-order chi connectivity index (χ1) is 12.9. The molecule has 4 rings (SSSR count). The van der Waals surface area contributed by atoms with Crippen LogP contribution in [0.4, 0.5) is 4.39 Å². The number of ketones is 1. The Hall–Kier alpha value is -1.84. The van der Waals surface area contributed by atoms with Crippen molar-refractivity contribution < 1.29 is 14.3 Å². The summed E-state index contributed by atoms with van der Waals surface area (Å²) in [7, 11) is 0. The molecule has 2 aliphatic carbocycles. The summed E-state index contributed by atoms with van der Waals surface area (Å²) in [6.45, 7) is 2.00. The second-order valence-electron chi connectivity index (χ2n) is 7.28. The van der Waals surface area contributed by atoms with E-state index >= 15 is 0 Å². The number of aryl methyl sites for hydroxylation is 1. The molecule has 0 heterocycles. The topological polar surface area (TPSA) is 37.3 Å². The number of halogens is 3. The van der Waals surface area contributed by atoms with Gasteiger partial charge in [-0.05, 0) is 60.6 Å². The van der Waals surface area contributed by atoms with E-state index < -0.39 is 5.82 Å². The van der Waals surface area contributed by atoms with Crippen LogP contribution in [-0.2, 0) is 11.2 Å². The van der Waals surface area contributed by atoms with Crippen molar-refractivity contribution in [3.05, 3.63) is 63.1 Å². The number of aliphatic hydroxyl groups excluding tert-OH is 1. The molecule has 0 spiro atoms. The molecule has 27 heavy (non-hydrogen) atoms. The Morgan fingerprint density at radius 3 is 2.59 bits per heavy atom. The van der Waals surface area contributed by atoms with Crippen LogP contribution in [0.5, 0.6) is 0 Å². The van der Waals surface area contributed by atoms with E-state index in [2.05, 4.69) is 0 Å². The second-order valence-corrected chi connectivity index (χ2v) is 8.06. The Balaban J connectivity index is 1.90. The molecule has 140 valence electrons. The van der Waals surface area contributed by atoms with E-state index in [-0.39, 0.29) is 33.4 Å². The summed E-state index contributed by atoms with van der Waals surface area (Å²) >= 11 is 11.9. The monoisotopic (exact) mass is 404 g/mol. The number of Topliss-reactive ketones (excluding diaryl/α,β-unsaturated/α-hetero) is 1. The predicted octanol–water partition coefficient (Wildman–Crippen LogP) is 6.63. The van der Waals surface area contributed by atoms with E-state index in [1.54, 1.807) is 18.2 Å². The van der Waals surface area contributed by atoms with Gasteiger partial charge in [0.1, 0.15) is 5.76 Å². The maximum atomic E-state index is 14.6. The van der Waals surface area contributed by atoms with Gasteiger partial charge in [0.2, 0.25) is 0 Å². The SMILES string of the molecule is CCc1ccc(-c2ccc(Cl)c(Cl)c2F)cc1C1=C(O)[C@H]2CC[C@H](C2)C1=O. The molecule has 0 radical (unpaired) electrons. The largest absolute Gasteiger partial charge is 0.511 e. The smallest absolute Gasteiger partial charge is 0.169 e. The molecule has 0 aromatic heterocycles. The fourth-order valence-electron chi connectivity index (χ4n) is 4.31. The number of carbonyl (C=O) groups excluding carboxylic acids is 1. The van der Waals surface area contributed by atoms with Gasteiger partial charge in [-0.15, -0.1) is 0 Å². The van der Waals surface area contributed by atoms with Crippen molar-refractivity contribution in [2.24, 2.45) is 11.8 Å². The van der Waals surface area contributed by atoms with Crippen LogP contribution in [0.3, 0.4) is 0 Å². The lowest BCUT2D eigenvalue weighted by molar-refractivity contribution is -0.117. The summed E-state index contributed by atoms with van der Waals surface area (Å²) in [4.78, 5) is 12.9. The number of rotatable bonds is 3. The Labute approximate surface area is 167 Å². The van der Waals surface area contributed by atoms with Gasteiger partial charge in [0.25, 0.3) is 0 Å². The molecule has 5 heteroatoms. The van der Waals surface area contributed by atoms with Crippen molar-refractivity contribution in [3.63, 3.8) is 0 Å². The molecule has 2 bridgehead atoms.